The monoisotopic (exact) mass is 383 g/mol. The highest BCUT2D eigenvalue weighted by Gasteiger charge is 2.28. The zero-order valence-corrected chi connectivity index (χ0v) is 17.2. The van der Waals surface area contributed by atoms with Crippen molar-refractivity contribution in [1.29, 1.82) is 0 Å². The van der Waals surface area contributed by atoms with Gasteiger partial charge >= 0.3 is 0 Å². The number of sulfone groups is 1. The van der Waals surface area contributed by atoms with Crippen molar-refractivity contribution < 1.29 is 13.2 Å². The normalized spacial score (nSPS) is 16.3. The average molecular weight is 384 g/mol. The summed E-state index contributed by atoms with van der Waals surface area (Å²) in [7, 11) is 0.225. The number of nitrogens with zero attached hydrogens (tertiary/aromatic N) is 3. The molecule has 26 heavy (non-hydrogen) atoms. The van der Waals surface area contributed by atoms with Crippen LogP contribution < -0.4 is 0 Å². The van der Waals surface area contributed by atoms with Gasteiger partial charge in [-0.1, -0.05) is 31.4 Å². The van der Waals surface area contributed by atoms with Gasteiger partial charge in [0.1, 0.15) is 0 Å². The van der Waals surface area contributed by atoms with Gasteiger partial charge in [-0.2, -0.15) is 0 Å². The highest BCUT2D eigenvalue weighted by molar-refractivity contribution is 7.91. The van der Waals surface area contributed by atoms with Gasteiger partial charge in [0.2, 0.25) is 15.0 Å². The van der Waals surface area contributed by atoms with Crippen molar-refractivity contribution in [2.24, 2.45) is 5.92 Å². The first kappa shape index (κ1) is 21.1. The number of rotatable bonds is 10. The van der Waals surface area contributed by atoms with Crippen LogP contribution in [0.25, 0.3) is 0 Å². The van der Waals surface area contributed by atoms with Crippen LogP contribution in [-0.2, 0) is 27.7 Å². The number of aromatic nitrogens is 2. The van der Waals surface area contributed by atoms with E-state index in [2.05, 4.69) is 16.5 Å². The van der Waals surface area contributed by atoms with Crippen LogP contribution in [0.2, 0.25) is 0 Å². The summed E-state index contributed by atoms with van der Waals surface area (Å²) in [5.41, 5.74) is 1.97. The Kier molecular flexibility index (Phi) is 7.85. The van der Waals surface area contributed by atoms with Gasteiger partial charge < -0.3 is 9.30 Å². The molecule has 0 amide bonds. The van der Waals surface area contributed by atoms with Crippen LogP contribution >= 0.6 is 0 Å². The second-order valence-electron chi connectivity index (χ2n) is 7.59. The smallest absolute Gasteiger partial charge is 0.227 e. The quantitative estimate of drug-likeness (QED) is 0.581. The summed E-state index contributed by atoms with van der Waals surface area (Å²) in [6, 6.07) is 0. The first-order valence-corrected chi connectivity index (χ1v) is 11.1. The molecule has 0 spiro atoms. The Balaban J connectivity index is 2.21. The van der Waals surface area contributed by atoms with Gasteiger partial charge in [0.15, 0.2) is 0 Å². The SMILES string of the molecule is C=C(C)CN(C)Cc1cnc(S(=O)(=O)CC2CCCCC2)n1CCOC. The number of imidazole rings is 1. The van der Waals surface area contributed by atoms with Crippen molar-refractivity contribution in [2.45, 2.75) is 57.3 Å². The summed E-state index contributed by atoms with van der Waals surface area (Å²) < 4.78 is 33.0. The average Bonchev–Trinajstić information content (AvgIpc) is 2.96. The third kappa shape index (κ3) is 5.93. The molecular weight excluding hydrogens is 350 g/mol. The minimum absolute atomic E-state index is 0.193. The number of hydrogen-bond acceptors (Lipinski definition) is 5. The summed E-state index contributed by atoms with van der Waals surface area (Å²) in [5, 5.41) is 0.193. The summed E-state index contributed by atoms with van der Waals surface area (Å²) >= 11 is 0. The second-order valence-corrected chi connectivity index (χ2v) is 9.52. The number of hydrogen-bond donors (Lipinski definition) is 0. The molecule has 1 heterocycles. The molecule has 1 aliphatic rings. The van der Waals surface area contributed by atoms with Gasteiger partial charge in [-0.25, -0.2) is 13.4 Å². The minimum Gasteiger partial charge on any atom is -0.383 e. The molecule has 0 bridgehead atoms. The van der Waals surface area contributed by atoms with E-state index < -0.39 is 9.84 Å². The molecule has 0 N–H and O–H groups in total. The fourth-order valence-corrected chi connectivity index (χ4v) is 5.58. The maximum absolute atomic E-state index is 13.0. The molecule has 0 aliphatic heterocycles. The Morgan fingerprint density at radius 2 is 2.08 bits per heavy atom. The van der Waals surface area contributed by atoms with E-state index in [0.29, 0.717) is 19.7 Å². The lowest BCUT2D eigenvalue weighted by Gasteiger charge is -2.22. The second kappa shape index (κ2) is 9.67. The maximum Gasteiger partial charge on any atom is 0.227 e. The molecule has 2 rings (SSSR count). The van der Waals surface area contributed by atoms with E-state index in [9.17, 15) is 8.42 Å². The lowest BCUT2D eigenvalue weighted by atomic mass is 9.91. The molecule has 1 saturated carbocycles. The van der Waals surface area contributed by atoms with Crippen LogP contribution in [0.5, 0.6) is 0 Å². The maximum atomic E-state index is 13.0. The Morgan fingerprint density at radius 1 is 1.38 bits per heavy atom. The number of ether oxygens (including phenoxy) is 1. The van der Waals surface area contributed by atoms with E-state index in [0.717, 1.165) is 43.5 Å². The van der Waals surface area contributed by atoms with Crippen molar-refractivity contribution >= 4 is 9.84 Å². The molecule has 0 radical (unpaired) electrons. The highest BCUT2D eigenvalue weighted by Crippen LogP contribution is 2.27. The Hall–Kier alpha value is -1.18. The van der Waals surface area contributed by atoms with Crippen molar-refractivity contribution in [2.75, 3.05) is 33.1 Å². The van der Waals surface area contributed by atoms with E-state index >= 15 is 0 Å². The summed E-state index contributed by atoms with van der Waals surface area (Å²) in [6.07, 6.45) is 7.19. The lowest BCUT2D eigenvalue weighted by Crippen LogP contribution is -2.25. The lowest BCUT2D eigenvalue weighted by molar-refractivity contribution is 0.182. The fourth-order valence-electron chi connectivity index (χ4n) is 3.72. The molecule has 0 saturated heterocycles. The van der Waals surface area contributed by atoms with Crippen LogP contribution in [-0.4, -0.2) is 55.9 Å². The van der Waals surface area contributed by atoms with E-state index in [1.54, 1.807) is 13.3 Å². The highest BCUT2D eigenvalue weighted by atomic mass is 32.2. The molecule has 0 unspecified atom stereocenters. The van der Waals surface area contributed by atoms with Gasteiger partial charge in [-0.15, -0.1) is 0 Å². The third-order valence-corrected chi connectivity index (χ3v) is 6.64. The van der Waals surface area contributed by atoms with Gasteiger partial charge in [-0.05, 0) is 32.7 Å². The summed E-state index contributed by atoms with van der Waals surface area (Å²) in [6.45, 7) is 8.26. The molecule has 0 aromatic carbocycles. The molecule has 7 heteroatoms. The van der Waals surface area contributed by atoms with Crippen molar-refractivity contribution in [1.82, 2.24) is 14.5 Å². The Bertz CT molecular complexity index is 691. The van der Waals surface area contributed by atoms with Crippen LogP contribution in [0, 0.1) is 5.92 Å². The van der Waals surface area contributed by atoms with Crippen LogP contribution in [0.4, 0.5) is 0 Å². The molecule has 1 aliphatic carbocycles. The van der Waals surface area contributed by atoms with Crippen molar-refractivity contribution in [3.8, 4) is 0 Å². The van der Waals surface area contributed by atoms with Gasteiger partial charge in [0, 0.05) is 26.7 Å². The van der Waals surface area contributed by atoms with Crippen molar-refractivity contribution in [3.05, 3.63) is 24.0 Å². The predicted octanol–water partition coefficient (Wildman–Crippen LogP) is 2.89. The van der Waals surface area contributed by atoms with Gasteiger partial charge in [0.05, 0.1) is 24.3 Å². The standard InChI is InChI=1S/C19H33N3O3S/c1-16(2)13-21(3)14-18-12-20-19(22(18)10-11-25-4)26(23,24)15-17-8-6-5-7-9-17/h12,17H,1,5-11,13-15H2,2-4H3. The fraction of sp³-hybridized carbons (Fsp3) is 0.737. The van der Waals surface area contributed by atoms with Crippen molar-refractivity contribution in [3.63, 3.8) is 0 Å². The van der Waals surface area contributed by atoms with Crippen LogP contribution in [0.3, 0.4) is 0 Å². The summed E-state index contributed by atoms with van der Waals surface area (Å²) in [4.78, 5) is 6.42. The third-order valence-electron chi connectivity index (χ3n) is 4.85. The van der Waals surface area contributed by atoms with E-state index in [-0.39, 0.29) is 16.8 Å². The summed E-state index contributed by atoms with van der Waals surface area (Å²) in [5.74, 6) is 0.466. The molecule has 1 aromatic heterocycles. The molecule has 1 fully saturated rings. The molecule has 148 valence electrons. The zero-order chi connectivity index (χ0) is 19.2. The largest absolute Gasteiger partial charge is 0.383 e. The molecule has 1 aromatic rings. The van der Waals surface area contributed by atoms with Crippen LogP contribution in [0.15, 0.2) is 23.5 Å². The topological polar surface area (TPSA) is 64.4 Å². The predicted molar refractivity (Wildman–Crippen MR) is 104 cm³/mol. The number of likely N-dealkylation sites (N-methyl/N-ethyl adjacent to an activating group) is 1. The number of methoxy groups -OCH3 is 1. The Labute approximate surface area is 158 Å². The molecule has 6 nitrogen and oxygen atoms in total. The first-order chi connectivity index (χ1) is 12.3. The molecular formula is C19H33N3O3S. The minimum atomic E-state index is -3.40. The first-order valence-electron chi connectivity index (χ1n) is 9.42. The molecule has 0 atom stereocenters. The van der Waals surface area contributed by atoms with Crippen LogP contribution in [0.1, 0.15) is 44.7 Å². The van der Waals surface area contributed by atoms with Gasteiger partial charge in [-0.3, -0.25) is 4.90 Å². The van der Waals surface area contributed by atoms with E-state index in [1.807, 2.05) is 18.5 Å². The zero-order valence-electron chi connectivity index (χ0n) is 16.4. The van der Waals surface area contributed by atoms with E-state index in [1.165, 1.54) is 6.42 Å². The van der Waals surface area contributed by atoms with Gasteiger partial charge in [0.25, 0.3) is 0 Å². The van der Waals surface area contributed by atoms with E-state index in [4.69, 9.17) is 4.74 Å². The Morgan fingerprint density at radius 3 is 2.69 bits per heavy atom.